The van der Waals surface area contributed by atoms with Crippen LogP contribution in [0.2, 0.25) is 0 Å². The van der Waals surface area contributed by atoms with Crippen LogP contribution < -0.4 is 5.32 Å². The lowest BCUT2D eigenvalue weighted by Crippen LogP contribution is -2.52. The molecule has 33 heavy (non-hydrogen) atoms. The number of piperidine rings is 1. The molecule has 1 fully saturated rings. The first-order valence-corrected chi connectivity index (χ1v) is 11.0. The number of amides is 3. The van der Waals surface area contributed by atoms with Crippen molar-refractivity contribution in [3.05, 3.63) is 70.3 Å². The third-order valence-corrected chi connectivity index (χ3v) is 5.72. The van der Waals surface area contributed by atoms with Crippen LogP contribution in [0.3, 0.4) is 0 Å². The second-order valence-corrected chi connectivity index (χ2v) is 8.09. The zero-order chi connectivity index (χ0) is 23.8. The third-order valence-electron chi connectivity index (χ3n) is 5.72. The normalized spacial score (nSPS) is 14.3. The highest BCUT2D eigenvalue weighted by Crippen LogP contribution is 2.18. The van der Waals surface area contributed by atoms with Crippen LogP contribution in [0.5, 0.6) is 0 Å². The number of non-ortho nitro benzene ring substituents is 1. The molecule has 2 aromatic carbocycles. The molecule has 2 aromatic rings. The molecule has 0 bridgehead atoms. The van der Waals surface area contributed by atoms with Gasteiger partial charge in [-0.3, -0.25) is 24.5 Å². The molecule has 9 nitrogen and oxygen atoms in total. The lowest BCUT2D eigenvalue weighted by Gasteiger charge is -2.33. The fourth-order valence-electron chi connectivity index (χ4n) is 3.90. The molecule has 1 atom stereocenters. The first-order valence-electron chi connectivity index (χ1n) is 11.0. The second kappa shape index (κ2) is 11.2. The van der Waals surface area contributed by atoms with Gasteiger partial charge < -0.3 is 15.1 Å². The SMILES string of the molecule is CC(=O)N(CC(=O)N1CCCCC1)[C@@H](Cc1ccccc1)C(=O)Nc1ccc([N+](=O)[O-])cc1. The molecule has 0 radical (unpaired) electrons. The number of benzene rings is 2. The summed E-state index contributed by atoms with van der Waals surface area (Å²) in [6, 6.07) is 13.8. The summed E-state index contributed by atoms with van der Waals surface area (Å²) >= 11 is 0. The average molecular weight is 453 g/mol. The van der Waals surface area contributed by atoms with Gasteiger partial charge in [0.25, 0.3) is 5.69 Å². The van der Waals surface area contributed by atoms with Crippen LogP contribution in [0.25, 0.3) is 0 Å². The number of anilines is 1. The zero-order valence-corrected chi connectivity index (χ0v) is 18.6. The van der Waals surface area contributed by atoms with Gasteiger partial charge in [-0.05, 0) is 37.0 Å². The number of hydrogen-bond donors (Lipinski definition) is 1. The molecule has 3 amide bonds. The number of nitrogens with one attached hydrogen (secondary N) is 1. The van der Waals surface area contributed by atoms with E-state index in [9.17, 15) is 24.5 Å². The number of carbonyl (C=O) groups is 3. The number of rotatable bonds is 8. The Bertz CT molecular complexity index is 988. The van der Waals surface area contributed by atoms with E-state index in [1.807, 2.05) is 30.3 Å². The van der Waals surface area contributed by atoms with E-state index in [4.69, 9.17) is 0 Å². The number of nitro groups is 1. The standard InChI is InChI=1S/C24H28N4O5/c1-18(29)27(17-23(30)26-14-6-3-7-15-26)22(16-19-8-4-2-5-9-19)24(31)25-20-10-12-21(13-11-20)28(32)33/h2,4-5,8-13,22H,3,6-7,14-17H2,1H3,(H,25,31)/t22-/m0/s1. The second-order valence-electron chi connectivity index (χ2n) is 8.09. The Labute approximate surface area is 192 Å². The maximum atomic E-state index is 13.3. The summed E-state index contributed by atoms with van der Waals surface area (Å²) in [4.78, 5) is 52.1. The average Bonchev–Trinajstić information content (AvgIpc) is 2.82. The molecule has 0 aromatic heterocycles. The van der Waals surface area contributed by atoms with E-state index in [2.05, 4.69) is 5.32 Å². The van der Waals surface area contributed by atoms with E-state index in [0.29, 0.717) is 18.8 Å². The minimum absolute atomic E-state index is 0.0914. The van der Waals surface area contributed by atoms with Gasteiger partial charge in [0.1, 0.15) is 12.6 Å². The van der Waals surface area contributed by atoms with Crippen molar-refractivity contribution in [3.63, 3.8) is 0 Å². The molecule has 0 aliphatic carbocycles. The molecule has 0 saturated carbocycles. The number of nitrogens with zero attached hydrogens (tertiary/aromatic N) is 3. The Morgan fingerprint density at radius 2 is 1.67 bits per heavy atom. The van der Waals surface area contributed by atoms with E-state index in [1.54, 1.807) is 4.90 Å². The predicted octanol–water partition coefficient (Wildman–Crippen LogP) is 3.01. The van der Waals surface area contributed by atoms with E-state index in [1.165, 1.54) is 36.1 Å². The number of hydrogen-bond acceptors (Lipinski definition) is 5. The maximum Gasteiger partial charge on any atom is 0.269 e. The van der Waals surface area contributed by atoms with Gasteiger partial charge >= 0.3 is 0 Å². The molecule has 9 heteroatoms. The van der Waals surface area contributed by atoms with Crippen LogP contribution in [-0.4, -0.2) is 58.1 Å². The summed E-state index contributed by atoms with van der Waals surface area (Å²) in [5.41, 5.74) is 1.12. The Balaban J connectivity index is 1.82. The van der Waals surface area contributed by atoms with E-state index < -0.39 is 16.9 Å². The molecule has 1 heterocycles. The fourth-order valence-corrected chi connectivity index (χ4v) is 3.90. The van der Waals surface area contributed by atoms with Gasteiger partial charge in [0.05, 0.1) is 4.92 Å². The molecule has 1 saturated heterocycles. The van der Waals surface area contributed by atoms with Gasteiger partial charge in [-0.25, -0.2) is 0 Å². The number of carbonyl (C=O) groups excluding carboxylic acids is 3. The highest BCUT2D eigenvalue weighted by Gasteiger charge is 2.31. The summed E-state index contributed by atoms with van der Waals surface area (Å²) in [5, 5.41) is 13.6. The molecular weight excluding hydrogens is 424 g/mol. The lowest BCUT2D eigenvalue weighted by molar-refractivity contribution is -0.384. The summed E-state index contributed by atoms with van der Waals surface area (Å²) in [5.74, 6) is -1.01. The van der Waals surface area contributed by atoms with Crippen LogP contribution in [0, 0.1) is 10.1 Å². The van der Waals surface area contributed by atoms with Gasteiger partial charge in [-0.1, -0.05) is 30.3 Å². The zero-order valence-electron chi connectivity index (χ0n) is 18.6. The maximum absolute atomic E-state index is 13.3. The summed E-state index contributed by atoms with van der Waals surface area (Å²) in [6.45, 7) is 2.48. The highest BCUT2D eigenvalue weighted by atomic mass is 16.6. The lowest BCUT2D eigenvalue weighted by atomic mass is 10.0. The number of nitro benzene ring substituents is 1. The molecule has 1 aliphatic rings. The Hall–Kier alpha value is -3.75. The molecule has 0 spiro atoms. The molecule has 1 aliphatic heterocycles. The van der Waals surface area contributed by atoms with Crippen molar-refractivity contribution in [1.29, 1.82) is 0 Å². The molecule has 0 unspecified atom stereocenters. The van der Waals surface area contributed by atoms with Crippen LogP contribution in [0.15, 0.2) is 54.6 Å². The topological polar surface area (TPSA) is 113 Å². The molecular formula is C24H28N4O5. The molecule has 1 N–H and O–H groups in total. The summed E-state index contributed by atoms with van der Waals surface area (Å²) in [6.07, 6.45) is 3.17. The third kappa shape index (κ3) is 6.61. The van der Waals surface area contributed by atoms with Crippen molar-refractivity contribution in [2.75, 3.05) is 25.0 Å². The van der Waals surface area contributed by atoms with E-state index in [-0.39, 0.29) is 30.5 Å². The van der Waals surface area contributed by atoms with Crippen LogP contribution in [-0.2, 0) is 20.8 Å². The molecule has 3 rings (SSSR count). The van der Waals surface area contributed by atoms with Gasteiger partial charge in [0.2, 0.25) is 17.7 Å². The van der Waals surface area contributed by atoms with E-state index >= 15 is 0 Å². The Kier molecular flexibility index (Phi) is 8.12. The van der Waals surface area contributed by atoms with Gasteiger partial charge in [-0.2, -0.15) is 0 Å². The quantitative estimate of drug-likeness (QED) is 0.489. The first kappa shape index (κ1) is 23.9. The van der Waals surface area contributed by atoms with Crippen molar-refractivity contribution in [2.45, 2.75) is 38.6 Å². The summed E-state index contributed by atoms with van der Waals surface area (Å²) in [7, 11) is 0. The van der Waals surface area contributed by atoms with E-state index in [0.717, 1.165) is 24.8 Å². The van der Waals surface area contributed by atoms with Crippen molar-refractivity contribution in [2.24, 2.45) is 0 Å². The Morgan fingerprint density at radius 1 is 1.03 bits per heavy atom. The van der Waals surface area contributed by atoms with Crippen LogP contribution in [0.4, 0.5) is 11.4 Å². The fraction of sp³-hybridized carbons (Fsp3) is 0.375. The largest absolute Gasteiger partial charge is 0.341 e. The van der Waals surface area contributed by atoms with Crippen molar-refractivity contribution < 1.29 is 19.3 Å². The van der Waals surface area contributed by atoms with Crippen LogP contribution >= 0.6 is 0 Å². The minimum atomic E-state index is -0.922. The molecule has 174 valence electrons. The van der Waals surface area contributed by atoms with Gasteiger partial charge in [0.15, 0.2) is 0 Å². The summed E-state index contributed by atoms with van der Waals surface area (Å²) < 4.78 is 0. The highest BCUT2D eigenvalue weighted by molar-refractivity contribution is 5.98. The van der Waals surface area contributed by atoms with Gasteiger partial charge in [-0.15, -0.1) is 0 Å². The Morgan fingerprint density at radius 3 is 2.24 bits per heavy atom. The monoisotopic (exact) mass is 452 g/mol. The van der Waals surface area contributed by atoms with Crippen molar-refractivity contribution in [3.8, 4) is 0 Å². The van der Waals surface area contributed by atoms with Crippen molar-refractivity contribution >= 4 is 29.1 Å². The smallest absolute Gasteiger partial charge is 0.269 e. The van der Waals surface area contributed by atoms with Crippen molar-refractivity contribution in [1.82, 2.24) is 9.80 Å². The minimum Gasteiger partial charge on any atom is -0.341 e. The predicted molar refractivity (Wildman–Crippen MR) is 123 cm³/mol. The van der Waals surface area contributed by atoms with Gasteiger partial charge in [0, 0.05) is 44.3 Å². The van der Waals surface area contributed by atoms with Crippen LogP contribution in [0.1, 0.15) is 31.7 Å². The first-order chi connectivity index (χ1) is 15.8. The number of likely N-dealkylation sites (tertiary alicyclic amines) is 1.